The summed E-state index contributed by atoms with van der Waals surface area (Å²) < 4.78 is 30.7. The van der Waals surface area contributed by atoms with Crippen molar-refractivity contribution in [2.24, 2.45) is 0 Å². The van der Waals surface area contributed by atoms with Crippen molar-refractivity contribution in [1.82, 2.24) is 0 Å². The van der Waals surface area contributed by atoms with Crippen molar-refractivity contribution in [3.05, 3.63) is 29.3 Å². The number of benzene rings is 1. The maximum atomic E-state index is 10.9. The Hall–Kier alpha value is -0.910. The fraction of sp³-hybridized carbons (Fsp3) is 0.400. The van der Waals surface area contributed by atoms with Crippen LogP contribution in [-0.2, 0) is 16.5 Å². The highest BCUT2D eigenvalue weighted by Gasteiger charge is 2.20. The van der Waals surface area contributed by atoms with Crippen LogP contribution in [0.4, 0.5) is 0 Å². The van der Waals surface area contributed by atoms with Gasteiger partial charge < -0.3 is 5.11 Å². The van der Waals surface area contributed by atoms with Crippen molar-refractivity contribution in [3.63, 3.8) is 0 Å². The fourth-order valence-electron chi connectivity index (χ4n) is 1.93. The number of aryl methyl sites for hydroxylation is 1. The van der Waals surface area contributed by atoms with E-state index in [0.29, 0.717) is 6.42 Å². The molecule has 5 heteroatoms. The first kappa shape index (κ1) is 10.6. The van der Waals surface area contributed by atoms with E-state index in [1.54, 1.807) is 6.07 Å². The number of fused-ring (bicyclic) bond motifs is 1. The van der Waals surface area contributed by atoms with Gasteiger partial charge in [0.1, 0.15) is 0 Å². The fourth-order valence-corrected chi connectivity index (χ4v) is 2.46. The molecular formula is C10H12O4S. The summed E-state index contributed by atoms with van der Waals surface area (Å²) in [6, 6.07) is 4.33. The summed E-state index contributed by atoms with van der Waals surface area (Å²) in [5, 5.41) is 9.64. The van der Waals surface area contributed by atoms with Gasteiger partial charge in [-0.3, -0.25) is 4.55 Å². The number of rotatable bonds is 1. The van der Waals surface area contributed by atoms with Crippen LogP contribution < -0.4 is 0 Å². The summed E-state index contributed by atoms with van der Waals surface area (Å²) in [6.07, 6.45) is 1.78. The predicted octanol–water partition coefficient (Wildman–Crippen LogP) is 1.30. The molecule has 0 saturated carbocycles. The van der Waals surface area contributed by atoms with E-state index in [9.17, 15) is 13.5 Å². The third-order valence-corrected chi connectivity index (χ3v) is 3.54. The van der Waals surface area contributed by atoms with E-state index >= 15 is 0 Å². The van der Waals surface area contributed by atoms with E-state index in [4.69, 9.17) is 4.55 Å². The third-order valence-electron chi connectivity index (χ3n) is 2.69. The van der Waals surface area contributed by atoms with E-state index in [1.165, 1.54) is 12.1 Å². The maximum absolute atomic E-state index is 10.9. The third kappa shape index (κ3) is 2.04. The molecule has 0 aromatic heterocycles. The normalized spacial score (nSPS) is 21.1. The molecule has 0 spiro atoms. The van der Waals surface area contributed by atoms with Gasteiger partial charge in [-0.2, -0.15) is 8.42 Å². The average molecular weight is 228 g/mol. The zero-order valence-electron chi connectivity index (χ0n) is 8.05. The Morgan fingerprint density at radius 3 is 2.73 bits per heavy atom. The van der Waals surface area contributed by atoms with Crippen LogP contribution >= 0.6 is 0 Å². The van der Waals surface area contributed by atoms with Crippen molar-refractivity contribution in [2.75, 3.05) is 0 Å². The van der Waals surface area contributed by atoms with E-state index in [0.717, 1.165) is 24.0 Å². The van der Waals surface area contributed by atoms with Crippen LogP contribution in [0, 0.1) is 0 Å². The summed E-state index contributed by atoms with van der Waals surface area (Å²) in [7, 11) is -4.14. The van der Waals surface area contributed by atoms with Gasteiger partial charge in [0.2, 0.25) is 0 Å². The van der Waals surface area contributed by atoms with Crippen molar-refractivity contribution < 1.29 is 18.1 Å². The Labute approximate surface area is 88.3 Å². The Kier molecular flexibility index (Phi) is 2.54. The van der Waals surface area contributed by atoms with Crippen molar-refractivity contribution >= 4 is 10.1 Å². The summed E-state index contributed by atoms with van der Waals surface area (Å²) in [5.74, 6) is 0. The molecule has 1 aromatic carbocycles. The smallest absolute Gasteiger partial charge is 0.294 e. The van der Waals surface area contributed by atoms with Gasteiger partial charge in [0.05, 0.1) is 11.0 Å². The van der Waals surface area contributed by atoms with Gasteiger partial charge >= 0.3 is 0 Å². The zero-order valence-corrected chi connectivity index (χ0v) is 8.87. The quantitative estimate of drug-likeness (QED) is 0.710. The first-order valence-corrected chi connectivity index (χ1v) is 6.21. The van der Waals surface area contributed by atoms with Gasteiger partial charge in [0.15, 0.2) is 0 Å². The van der Waals surface area contributed by atoms with Crippen molar-refractivity contribution in [1.29, 1.82) is 0 Å². The molecule has 0 aliphatic heterocycles. The molecule has 1 aliphatic carbocycles. The molecule has 0 saturated heterocycles. The molecule has 1 atom stereocenters. The lowest BCUT2D eigenvalue weighted by Gasteiger charge is -2.21. The molecule has 15 heavy (non-hydrogen) atoms. The molecule has 0 fully saturated rings. The van der Waals surface area contributed by atoms with Crippen LogP contribution in [-0.4, -0.2) is 18.1 Å². The van der Waals surface area contributed by atoms with Gasteiger partial charge in [-0.1, -0.05) is 6.07 Å². The molecule has 0 heterocycles. The molecule has 82 valence electrons. The highest BCUT2D eigenvalue weighted by atomic mass is 32.2. The number of hydrogen-bond acceptors (Lipinski definition) is 3. The molecule has 1 unspecified atom stereocenters. The van der Waals surface area contributed by atoms with Gasteiger partial charge in [-0.05, 0) is 42.5 Å². The van der Waals surface area contributed by atoms with E-state index in [-0.39, 0.29) is 4.90 Å². The molecule has 0 amide bonds. The van der Waals surface area contributed by atoms with Crippen molar-refractivity contribution in [2.45, 2.75) is 30.3 Å². The van der Waals surface area contributed by atoms with Gasteiger partial charge in [-0.15, -0.1) is 0 Å². The van der Waals surface area contributed by atoms with E-state index < -0.39 is 16.2 Å². The topological polar surface area (TPSA) is 74.6 Å². The molecule has 1 aromatic rings. The summed E-state index contributed by atoms with van der Waals surface area (Å²) in [4.78, 5) is -0.102. The summed E-state index contributed by atoms with van der Waals surface area (Å²) in [5.41, 5.74) is 1.58. The van der Waals surface area contributed by atoms with Crippen LogP contribution in [0.3, 0.4) is 0 Å². The zero-order chi connectivity index (χ0) is 11.1. The first-order valence-electron chi connectivity index (χ1n) is 4.77. The number of aliphatic hydroxyl groups is 1. The van der Waals surface area contributed by atoms with Crippen molar-refractivity contribution in [3.8, 4) is 0 Å². The lowest BCUT2D eigenvalue weighted by Crippen LogP contribution is -2.10. The maximum Gasteiger partial charge on any atom is 0.294 e. The minimum atomic E-state index is -4.14. The average Bonchev–Trinajstić information content (AvgIpc) is 2.16. The summed E-state index contributed by atoms with van der Waals surface area (Å²) >= 11 is 0. The molecule has 4 nitrogen and oxygen atoms in total. The lowest BCUT2D eigenvalue weighted by atomic mass is 9.90. The van der Waals surface area contributed by atoms with Crippen LogP contribution in [0.15, 0.2) is 23.1 Å². The standard InChI is InChI=1S/C10H12O4S/c11-10-3-1-2-7-6-8(15(12,13)14)4-5-9(7)10/h4-6,10-11H,1-3H2,(H,12,13,14). The second-order valence-corrected chi connectivity index (χ2v) is 5.17. The number of aliphatic hydroxyl groups excluding tert-OH is 1. The SMILES string of the molecule is O=S(=O)(O)c1ccc2c(c1)CCCC2O. The molecule has 2 rings (SSSR count). The molecule has 2 N–H and O–H groups in total. The minimum Gasteiger partial charge on any atom is -0.388 e. The molecule has 0 radical (unpaired) electrons. The van der Waals surface area contributed by atoms with Crippen LogP contribution in [0.5, 0.6) is 0 Å². The predicted molar refractivity (Wildman–Crippen MR) is 54.2 cm³/mol. The Morgan fingerprint density at radius 2 is 2.07 bits per heavy atom. The highest BCUT2D eigenvalue weighted by Crippen LogP contribution is 2.30. The Bertz CT molecular complexity index is 478. The number of hydrogen-bond donors (Lipinski definition) is 2. The Morgan fingerprint density at radius 1 is 1.33 bits per heavy atom. The van der Waals surface area contributed by atoms with Crippen LogP contribution in [0.1, 0.15) is 30.1 Å². The second-order valence-electron chi connectivity index (χ2n) is 3.74. The minimum absolute atomic E-state index is 0.102. The van der Waals surface area contributed by atoms with Crippen LogP contribution in [0.2, 0.25) is 0 Å². The largest absolute Gasteiger partial charge is 0.388 e. The second kappa shape index (κ2) is 3.59. The summed E-state index contributed by atoms with van der Waals surface area (Å²) in [6.45, 7) is 0. The van der Waals surface area contributed by atoms with Gasteiger partial charge in [-0.25, -0.2) is 0 Å². The first-order chi connectivity index (χ1) is 6.98. The van der Waals surface area contributed by atoms with Crippen LogP contribution in [0.25, 0.3) is 0 Å². The molecular weight excluding hydrogens is 216 g/mol. The van der Waals surface area contributed by atoms with E-state index in [1.807, 2.05) is 0 Å². The van der Waals surface area contributed by atoms with Gasteiger partial charge in [0, 0.05) is 0 Å². The Balaban J connectivity index is 2.51. The molecule has 0 bridgehead atoms. The lowest BCUT2D eigenvalue weighted by molar-refractivity contribution is 0.156. The molecule has 1 aliphatic rings. The highest BCUT2D eigenvalue weighted by molar-refractivity contribution is 7.85. The van der Waals surface area contributed by atoms with Gasteiger partial charge in [0.25, 0.3) is 10.1 Å². The van der Waals surface area contributed by atoms with E-state index in [2.05, 4.69) is 0 Å². The monoisotopic (exact) mass is 228 g/mol.